The van der Waals surface area contributed by atoms with Crippen molar-refractivity contribution in [1.82, 2.24) is 4.90 Å². The first kappa shape index (κ1) is 17.9. The quantitative estimate of drug-likeness (QED) is 0.835. The van der Waals surface area contributed by atoms with Crippen molar-refractivity contribution >= 4 is 24.0 Å². The lowest BCUT2D eigenvalue weighted by Crippen LogP contribution is -2.25. The van der Waals surface area contributed by atoms with E-state index in [9.17, 15) is 9.18 Å². The number of hydrogen-bond donors (Lipinski definition) is 1. The number of anilines is 1. The molecule has 0 spiro atoms. The molecule has 0 atom stereocenters. The third kappa shape index (κ3) is 7.13. The number of nitrogens with zero attached hydrogens (tertiary/aromatic N) is 1. The SMILES string of the molecule is CCCCN(C)CCC(=O)Nc1ccccc1F.Cl. The minimum atomic E-state index is -0.398. The first-order valence-electron chi connectivity index (χ1n) is 6.36. The Kier molecular flexibility index (Phi) is 9.17. The van der Waals surface area contributed by atoms with Crippen molar-refractivity contribution in [2.75, 3.05) is 25.5 Å². The van der Waals surface area contributed by atoms with Crippen LogP contribution in [0.25, 0.3) is 0 Å². The Balaban J connectivity index is 0.00000324. The summed E-state index contributed by atoms with van der Waals surface area (Å²) in [6.45, 7) is 3.82. The van der Waals surface area contributed by atoms with Crippen LogP contribution < -0.4 is 5.32 Å². The second-order valence-electron chi connectivity index (χ2n) is 4.43. The number of carbonyl (C=O) groups is 1. The molecule has 0 aliphatic carbocycles. The number of amides is 1. The van der Waals surface area contributed by atoms with Crippen molar-refractivity contribution in [2.45, 2.75) is 26.2 Å². The Morgan fingerprint density at radius 2 is 2.00 bits per heavy atom. The molecule has 19 heavy (non-hydrogen) atoms. The van der Waals surface area contributed by atoms with Gasteiger partial charge in [0, 0.05) is 13.0 Å². The fourth-order valence-electron chi connectivity index (χ4n) is 1.61. The van der Waals surface area contributed by atoms with Crippen LogP contribution in [0.1, 0.15) is 26.2 Å². The molecule has 0 heterocycles. The van der Waals surface area contributed by atoms with E-state index in [0.29, 0.717) is 13.0 Å². The van der Waals surface area contributed by atoms with E-state index in [1.807, 2.05) is 7.05 Å². The summed E-state index contributed by atoms with van der Waals surface area (Å²) >= 11 is 0. The maximum absolute atomic E-state index is 13.3. The summed E-state index contributed by atoms with van der Waals surface area (Å²) in [6.07, 6.45) is 2.66. The largest absolute Gasteiger partial charge is 0.324 e. The van der Waals surface area contributed by atoms with E-state index in [2.05, 4.69) is 17.1 Å². The minimum absolute atomic E-state index is 0. The molecule has 0 aliphatic heterocycles. The zero-order valence-electron chi connectivity index (χ0n) is 11.5. The molecule has 3 nitrogen and oxygen atoms in total. The third-order valence-corrected chi connectivity index (χ3v) is 2.76. The van der Waals surface area contributed by atoms with E-state index in [1.165, 1.54) is 6.07 Å². The standard InChI is InChI=1S/C14H21FN2O.ClH/c1-3-4-10-17(2)11-9-14(18)16-13-8-6-5-7-12(13)15;/h5-8H,3-4,9-11H2,1-2H3,(H,16,18);1H. The molecule has 1 aromatic rings. The van der Waals surface area contributed by atoms with Gasteiger partial charge in [-0.2, -0.15) is 0 Å². The minimum Gasteiger partial charge on any atom is -0.324 e. The van der Waals surface area contributed by atoms with Crippen LogP contribution in [0.2, 0.25) is 0 Å². The molecule has 108 valence electrons. The molecular formula is C14H22ClFN2O. The van der Waals surface area contributed by atoms with Crippen molar-refractivity contribution < 1.29 is 9.18 Å². The highest BCUT2D eigenvalue weighted by Gasteiger charge is 2.07. The molecule has 1 N–H and O–H groups in total. The van der Waals surface area contributed by atoms with Gasteiger partial charge in [-0.15, -0.1) is 12.4 Å². The fourth-order valence-corrected chi connectivity index (χ4v) is 1.61. The summed E-state index contributed by atoms with van der Waals surface area (Å²) in [6, 6.07) is 6.20. The first-order chi connectivity index (χ1) is 8.63. The van der Waals surface area contributed by atoms with Crippen LogP contribution in [0.3, 0.4) is 0 Å². The van der Waals surface area contributed by atoms with E-state index in [-0.39, 0.29) is 24.0 Å². The van der Waals surface area contributed by atoms with E-state index >= 15 is 0 Å². The molecule has 0 fully saturated rings. The van der Waals surface area contributed by atoms with Gasteiger partial charge in [0.05, 0.1) is 5.69 Å². The number of rotatable bonds is 7. The van der Waals surface area contributed by atoms with Gasteiger partial charge in [-0.1, -0.05) is 25.5 Å². The van der Waals surface area contributed by atoms with Gasteiger partial charge in [-0.05, 0) is 32.1 Å². The van der Waals surface area contributed by atoms with Crippen LogP contribution in [0.5, 0.6) is 0 Å². The summed E-state index contributed by atoms with van der Waals surface area (Å²) < 4.78 is 13.3. The number of para-hydroxylation sites is 1. The van der Waals surface area contributed by atoms with Crippen LogP contribution in [0.4, 0.5) is 10.1 Å². The first-order valence-corrected chi connectivity index (χ1v) is 6.36. The second kappa shape index (κ2) is 9.75. The van der Waals surface area contributed by atoms with Gasteiger partial charge >= 0.3 is 0 Å². The monoisotopic (exact) mass is 288 g/mol. The lowest BCUT2D eigenvalue weighted by Gasteiger charge is -2.15. The molecule has 1 rings (SSSR count). The van der Waals surface area contributed by atoms with E-state index in [0.717, 1.165) is 19.4 Å². The van der Waals surface area contributed by atoms with Crippen LogP contribution in [0, 0.1) is 5.82 Å². The second-order valence-corrected chi connectivity index (χ2v) is 4.43. The summed E-state index contributed by atoms with van der Waals surface area (Å²) in [7, 11) is 1.99. The number of hydrogen-bond acceptors (Lipinski definition) is 2. The smallest absolute Gasteiger partial charge is 0.225 e. The number of nitrogens with one attached hydrogen (secondary N) is 1. The molecule has 0 bridgehead atoms. The predicted molar refractivity (Wildman–Crippen MR) is 79.3 cm³/mol. The molecule has 5 heteroatoms. The highest BCUT2D eigenvalue weighted by atomic mass is 35.5. The zero-order valence-corrected chi connectivity index (χ0v) is 12.3. The highest BCUT2D eigenvalue weighted by Crippen LogP contribution is 2.12. The van der Waals surface area contributed by atoms with Gasteiger partial charge in [-0.25, -0.2) is 4.39 Å². The summed E-state index contributed by atoms with van der Waals surface area (Å²) in [5, 5.41) is 2.58. The zero-order chi connectivity index (χ0) is 13.4. The molecule has 0 aliphatic rings. The average Bonchev–Trinajstić information content (AvgIpc) is 2.36. The fraction of sp³-hybridized carbons (Fsp3) is 0.500. The Bertz CT molecular complexity index is 387. The molecule has 0 aromatic heterocycles. The Morgan fingerprint density at radius 1 is 1.32 bits per heavy atom. The van der Waals surface area contributed by atoms with Crippen molar-refractivity contribution in [3.05, 3.63) is 30.1 Å². The van der Waals surface area contributed by atoms with Gasteiger partial charge in [0.25, 0.3) is 0 Å². The maximum Gasteiger partial charge on any atom is 0.225 e. The van der Waals surface area contributed by atoms with Crippen LogP contribution >= 0.6 is 12.4 Å². The molecule has 0 unspecified atom stereocenters. The van der Waals surface area contributed by atoms with Crippen molar-refractivity contribution in [3.8, 4) is 0 Å². The normalized spacial score (nSPS) is 10.1. The molecule has 0 saturated carbocycles. The van der Waals surface area contributed by atoms with Gasteiger partial charge in [0.1, 0.15) is 5.82 Å². The van der Waals surface area contributed by atoms with Crippen molar-refractivity contribution in [3.63, 3.8) is 0 Å². The summed E-state index contributed by atoms with van der Waals surface area (Å²) in [4.78, 5) is 13.8. The topological polar surface area (TPSA) is 32.3 Å². The van der Waals surface area contributed by atoms with Crippen LogP contribution in [0.15, 0.2) is 24.3 Å². The maximum atomic E-state index is 13.3. The van der Waals surface area contributed by atoms with Crippen LogP contribution in [-0.2, 0) is 4.79 Å². The van der Waals surface area contributed by atoms with E-state index < -0.39 is 5.82 Å². The lowest BCUT2D eigenvalue weighted by molar-refractivity contribution is -0.116. The Hall–Kier alpha value is -1.13. The Labute approximate surface area is 120 Å². The van der Waals surface area contributed by atoms with Gasteiger partial charge in [-0.3, -0.25) is 4.79 Å². The molecule has 1 amide bonds. The third-order valence-electron chi connectivity index (χ3n) is 2.76. The number of benzene rings is 1. The van der Waals surface area contributed by atoms with E-state index in [1.54, 1.807) is 18.2 Å². The number of halogens is 2. The Morgan fingerprint density at radius 3 is 2.63 bits per heavy atom. The summed E-state index contributed by atoms with van der Waals surface area (Å²) in [5.74, 6) is -0.548. The molecule has 0 saturated heterocycles. The van der Waals surface area contributed by atoms with Gasteiger partial charge in [0.2, 0.25) is 5.91 Å². The average molecular weight is 289 g/mol. The van der Waals surface area contributed by atoms with Gasteiger partial charge < -0.3 is 10.2 Å². The number of unbranched alkanes of at least 4 members (excludes halogenated alkanes) is 1. The predicted octanol–water partition coefficient (Wildman–Crippen LogP) is 3.31. The van der Waals surface area contributed by atoms with Crippen molar-refractivity contribution in [2.24, 2.45) is 0 Å². The summed E-state index contributed by atoms with van der Waals surface area (Å²) in [5.41, 5.74) is 0.249. The lowest BCUT2D eigenvalue weighted by atomic mass is 10.2. The van der Waals surface area contributed by atoms with Crippen molar-refractivity contribution in [1.29, 1.82) is 0 Å². The van der Waals surface area contributed by atoms with Gasteiger partial charge in [0.15, 0.2) is 0 Å². The van der Waals surface area contributed by atoms with E-state index in [4.69, 9.17) is 0 Å². The molecular weight excluding hydrogens is 267 g/mol. The molecule has 1 aromatic carbocycles. The molecule has 0 radical (unpaired) electrons. The van der Waals surface area contributed by atoms with Crippen LogP contribution in [-0.4, -0.2) is 30.9 Å². The highest BCUT2D eigenvalue weighted by molar-refractivity contribution is 5.90. The number of carbonyl (C=O) groups excluding carboxylic acids is 1.